The van der Waals surface area contributed by atoms with Gasteiger partial charge in [0.25, 0.3) is 5.91 Å². The van der Waals surface area contributed by atoms with Gasteiger partial charge in [-0.3, -0.25) is 4.79 Å². The Hall–Kier alpha value is -2.28. The highest BCUT2D eigenvalue weighted by molar-refractivity contribution is 5.92. The molecule has 1 aromatic heterocycles. The summed E-state index contributed by atoms with van der Waals surface area (Å²) < 4.78 is 14.5. The molecule has 0 aliphatic heterocycles. The first-order valence-corrected chi connectivity index (χ1v) is 8.06. The number of amides is 1. The van der Waals surface area contributed by atoms with Crippen LogP contribution in [-0.4, -0.2) is 38.7 Å². The van der Waals surface area contributed by atoms with E-state index in [9.17, 15) is 14.3 Å². The number of hydrogen-bond donors (Lipinski definition) is 2. The van der Waals surface area contributed by atoms with E-state index in [4.69, 9.17) is 0 Å². The molecule has 1 aromatic carbocycles. The summed E-state index contributed by atoms with van der Waals surface area (Å²) in [6.45, 7) is 0.357. The van der Waals surface area contributed by atoms with Crippen LogP contribution in [0.2, 0.25) is 0 Å². The van der Waals surface area contributed by atoms with Gasteiger partial charge < -0.3 is 10.4 Å². The molecule has 128 valence electrons. The number of aromatic nitrogens is 3. The minimum absolute atomic E-state index is 0.264. The van der Waals surface area contributed by atoms with Crippen molar-refractivity contribution in [3.63, 3.8) is 0 Å². The molecule has 1 aliphatic carbocycles. The number of carbonyl (C=O) groups is 1. The van der Waals surface area contributed by atoms with Crippen LogP contribution in [0.15, 0.2) is 30.5 Å². The van der Waals surface area contributed by atoms with Crippen LogP contribution in [0, 0.1) is 11.2 Å². The molecular formula is C17H21FN4O2. The lowest BCUT2D eigenvalue weighted by Gasteiger charge is -2.33. The molecule has 3 rings (SSSR count). The molecule has 1 heterocycles. The molecule has 2 aromatic rings. The number of aliphatic hydroxyl groups is 1. The average Bonchev–Trinajstić information content (AvgIpc) is 3.14. The van der Waals surface area contributed by atoms with Crippen LogP contribution in [0.4, 0.5) is 4.39 Å². The van der Waals surface area contributed by atoms with Crippen molar-refractivity contribution in [2.24, 2.45) is 12.5 Å². The van der Waals surface area contributed by atoms with Gasteiger partial charge in [-0.15, -0.1) is 5.10 Å². The number of benzene rings is 1. The first kappa shape index (κ1) is 16.6. The van der Waals surface area contributed by atoms with Crippen LogP contribution in [0.5, 0.6) is 0 Å². The van der Waals surface area contributed by atoms with Crippen molar-refractivity contribution in [2.75, 3.05) is 6.54 Å². The maximum absolute atomic E-state index is 13.1. The maximum Gasteiger partial charge on any atom is 0.271 e. The third-order valence-corrected chi connectivity index (χ3v) is 4.88. The molecule has 1 aliphatic rings. The van der Waals surface area contributed by atoms with Gasteiger partial charge in [-0.1, -0.05) is 23.8 Å². The summed E-state index contributed by atoms with van der Waals surface area (Å²) in [5.74, 6) is -0.545. The number of aryl methyl sites for hydroxylation is 1. The summed E-state index contributed by atoms with van der Waals surface area (Å²) in [4.78, 5) is 12.3. The largest absolute Gasteiger partial charge is 0.392 e. The summed E-state index contributed by atoms with van der Waals surface area (Å²) in [5.41, 5.74) is 0.896. The van der Waals surface area contributed by atoms with E-state index in [0.717, 1.165) is 18.4 Å². The number of aliphatic hydroxyl groups excluding tert-OH is 1. The van der Waals surface area contributed by atoms with Gasteiger partial charge in [0.2, 0.25) is 0 Å². The minimum Gasteiger partial charge on any atom is -0.392 e. The van der Waals surface area contributed by atoms with Crippen LogP contribution >= 0.6 is 0 Å². The number of rotatable bonds is 5. The quantitative estimate of drug-likeness (QED) is 0.869. The van der Waals surface area contributed by atoms with Gasteiger partial charge in [0.05, 0.1) is 12.3 Å². The number of carbonyl (C=O) groups excluding carboxylic acids is 1. The zero-order valence-electron chi connectivity index (χ0n) is 13.6. The standard InChI is InChI=1S/C17H21FN4O2/c1-22-14(10-20-21-22)16(24)19-11-17(8-2-3-15(17)23)9-12-4-6-13(18)7-5-12/h4-7,10,15,23H,2-3,8-9,11H2,1H3,(H,19,24)/t15-,17+/m1/s1. The molecule has 7 heteroatoms. The van der Waals surface area contributed by atoms with Crippen molar-refractivity contribution in [2.45, 2.75) is 31.8 Å². The van der Waals surface area contributed by atoms with Crippen molar-refractivity contribution >= 4 is 5.91 Å². The summed E-state index contributed by atoms with van der Waals surface area (Å²) in [5, 5.41) is 20.8. The number of nitrogens with zero attached hydrogens (tertiary/aromatic N) is 3. The Morgan fingerprint density at radius 2 is 2.21 bits per heavy atom. The van der Waals surface area contributed by atoms with E-state index in [0.29, 0.717) is 25.1 Å². The smallest absolute Gasteiger partial charge is 0.271 e. The Morgan fingerprint density at radius 3 is 2.79 bits per heavy atom. The van der Waals surface area contributed by atoms with Gasteiger partial charge in [0, 0.05) is 19.0 Å². The zero-order chi connectivity index (χ0) is 17.2. The Labute approximate surface area is 139 Å². The maximum atomic E-state index is 13.1. The van der Waals surface area contributed by atoms with Crippen molar-refractivity contribution in [3.05, 3.63) is 47.5 Å². The molecule has 0 spiro atoms. The van der Waals surface area contributed by atoms with E-state index in [2.05, 4.69) is 15.6 Å². The number of nitrogens with one attached hydrogen (secondary N) is 1. The Balaban J connectivity index is 1.73. The molecule has 0 saturated heterocycles. The average molecular weight is 332 g/mol. The lowest BCUT2D eigenvalue weighted by molar-refractivity contribution is 0.0498. The first-order valence-electron chi connectivity index (χ1n) is 8.06. The summed E-state index contributed by atoms with van der Waals surface area (Å²) in [6, 6.07) is 6.30. The second-order valence-corrected chi connectivity index (χ2v) is 6.50. The fourth-order valence-corrected chi connectivity index (χ4v) is 3.45. The SMILES string of the molecule is Cn1nncc1C(=O)NC[C@@]1(Cc2ccc(F)cc2)CCC[C@H]1O. The third-order valence-electron chi connectivity index (χ3n) is 4.88. The monoisotopic (exact) mass is 332 g/mol. The molecule has 24 heavy (non-hydrogen) atoms. The van der Waals surface area contributed by atoms with E-state index in [1.165, 1.54) is 23.0 Å². The summed E-state index contributed by atoms with van der Waals surface area (Å²) in [7, 11) is 1.65. The van der Waals surface area contributed by atoms with E-state index < -0.39 is 11.5 Å². The predicted molar refractivity (Wildman–Crippen MR) is 85.7 cm³/mol. The second-order valence-electron chi connectivity index (χ2n) is 6.50. The van der Waals surface area contributed by atoms with Crippen LogP contribution in [0.25, 0.3) is 0 Å². The van der Waals surface area contributed by atoms with Crippen molar-refractivity contribution < 1.29 is 14.3 Å². The Kier molecular flexibility index (Phi) is 4.62. The fourth-order valence-electron chi connectivity index (χ4n) is 3.45. The molecule has 0 unspecified atom stereocenters. The highest BCUT2D eigenvalue weighted by atomic mass is 19.1. The molecule has 0 bridgehead atoms. The topological polar surface area (TPSA) is 80.0 Å². The molecule has 0 radical (unpaired) electrons. The first-order chi connectivity index (χ1) is 11.5. The third kappa shape index (κ3) is 3.31. The summed E-state index contributed by atoms with van der Waals surface area (Å²) >= 11 is 0. The lowest BCUT2D eigenvalue weighted by atomic mass is 9.78. The predicted octanol–water partition coefficient (Wildman–Crippen LogP) is 1.46. The Morgan fingerprint density at radius 1 is 1.46 bits per heavy atom. The molecule has 1 amide bonds. The van der Waals surface area contributed by atoms with Crippen molar-refractivity contribution in [1.29, 1.82) is 0 Å². The van der Waals surface area contributed by atoms with E-state index >= 15 is 0 Å². The van der Waals surface area contributed by atoms with Crippen molar-refractivity contribution in [1.82, 2.24) is 20.3 Å². The van der Waals surface area contributed by atoms with Gasteiger partial charge in [-0.2, -0.15) is 0 Å². The number of hydrogen-bond acceptors (Lipinski definition) is 4. The van der Waals surface area contributed by atoms with E-state index in [-0.39, 0.29) is 11.7 Å². The normalized spacial score (nSPS) is 23.4. The van der Waals surface area contributed by atoms with Crippen molar-refractivity contribution in [3.8, 4) is 0 Å². The van der Waals surface area contributed by atoms with Gasteiger partial charge in [0.15, 0.2) is 0 Å². The Bertz CT molecular complexity index is 716. The van der Waals surface area contributed by atoms with Gasteiger partial charge in [-0.05, 0) is 37.0 Å². The molecule has 6 nitrogen and oxygen atoms in total. The molecule has 2 atom stereocenters. The highest BCUT2D eigenvalue weighted by Crippen LogP contribution is 2.40. The van der Waals surface area contributed by atoms with Gasteiger partial charge in [0.1, 0.15) is 11.5 Å². The van der Waals surface area contributed by atoms with Gasteiger partial charge in [-0.25, -0.2) is 9.07 Å². The van der Waals surface area contributed by atoms with Crippen LogP contribution in [0.1, 0.15) is 35.3 Å². The van der Waals surface area contributed by atoms with Gasteiger partial charge >= 0.3 is 0 Å². The number of halogens is 1. The second kappa shape index (κ2) is 6.68. The molecule has 1 saturated carbocycles. The minimum atomic E-state index is -0.493. The van der Waals surface area contributed by atoms with E-state index in [1.54, 1.807) is 19.2 Å². The van der Waals surface area contributed by atoms with Crippen LogP contribution in [-0.2, 0) is 13.5 Å². The van der Waals surface area contributed by atoms with Crippen LogP contribution < -0.4 is 5.32 Å². The fraction of sp³-hybridized carbons (Fsp3) is 0.471. The summed E-state index contributed by atoms with van der Waals surface area (Å²) in [6.07, 6.45) is 3.95. The molecule has 1 fully saturated rings. The lowest BCUT2D eigenvalue weighted by Crippen LogP contribution is -2.44. The zero-order valence-corrected chi connectivity index (χ0v) is 13.6. The molecular weight excluding hydrogens is 311 g/mol. The van der Waals surface area contributed by atoms with Crippen LogP contribution in [0.3, 0.4) is 0 Å². The molecule has 2 N–H and O–H groups in total. The van der Waals surface area contributed by atoms with E-state index in [1.807, 2.05) is 0 Å². The highest BCUT2D eigenvalue weighted by Gasteiger charge is 2.42.